The van der Waals surface area contributed by atoms with Gasteiger partial charge in [0.2, 0.25) is 11.8 Å². The summed E-state index contributed by atoms with van der Waals surface area (Å²) in [7, 11) is 0. The van der Waals surface area contributed by atoms with Crippen molar-refractivity contribution in [3.8, 4) is 0 Å². The molecule has 0 spiro atoms. The average Bonchev–Trinajstić information content (AvgIpc) is 2.45. The molecule has 0 aromatic heterocycles. The molecule has 72 valence electrons. The van der Waals surface area contributed by atoms with E-state index in [0.29, 0.717) is 19.5 Å². The minimum atomic E-state index is -0.357. The second-order valence-corrected chi connectivity index (χ2v) is 3.57. The van der Waals surface area contributed by atoms with Crippen LogP contribution in [0.2, 0.25) is 0 Å². The molecule has 2 rings (SSSR count). The Morgan fingerprint density at radius 1 is 1.62 bits per heavy atom. The molecular weight excluding hydrogens is 170 g/mol. The van der Waals surface area contributed by atoms with E-state index in [1.54, 1.807) is 4.90 Å². The summed E-state index contributed by atoms with van der Waals surface area (Å²) in [5, 5.41) is 3.16. The summed E-state index contributed by atoms with van der Waals surface area (Å²) in [4.78, 5) is 24.2. The first-order valence-electron chi connectivity index (χ1n) is 4.49. The second kappa shape index (κ2) is 2.99. The zero-order chi connectivity index (χ0) is 9.42. The number of carbonyl (C=O) groups is 2. The van der Waals surface area contributed by atoms with Gasteiger partial charge in [-0.05, 0) is 0 Å². The van der Waals surface area contributed by atoms with Crippen molar-refractivity contribution < 1.29 is 9.59 Å². The second-order valence-electron chi connectivity index (χ2n) is 3.57. The first kappa shape index (κ1) is 8.50. The van der Waals surface area contributed by atoms with Crippen molar-refractivity contribution >= 4 is 11.8 Å². The number of hydrogen-bond acceptors (Lipinski definition) is 3. The Balaban J connectivity index is 2.17. The summed E-state index contributed by atoms with van der Waals surface area (Å²) < 4.78 is 0. The van der Waals surface area contributed by atoms with E-state index in [1.165, 1.54) is 0 Å². The Kier molecular flexibility index (Phi) is 1.95. The van der Waals surface area contributed by atoms with Gasteiger partial charge < -0.3 is 16.0 Å². The molecule has 0 aromatic carbocycles. The van der Waals surface area contributed by atoms with Crippen LogP contribution in [0.5, 0.6) is 0 Å². The molecule has 2 unspecified atom stereocenters. The number of carbonyl (C=O) groups excluding carboxylic acids is 2. The third-order valence-corrected chi connectivity index (χ3v) is 2.83. The predicted octanol–water partition coefficient (Wildman–Crippen LogP) is -1.71. The summed E-state index contributed by atoms with van der Waals surface area (Å²) in [6.45, 7) is 2.21. The molecule has 2 saturated heterocycles. The highest BCUT2D eigenvalue weighted by Gasteiger charge is 2.43. The molecule has 5 nitrogen and oxygen atoms in total. The fraction of sp³-hybridized carbons (Fsp3) is 0.750. The van der Waals surface area contributed by atoms with Crippen molar-refractivity contribution in [3.63, 3.8) is 0 Å². The van der Waals surface area contributed by atoms with Crippen LogP contribution in [0.3, 0.4) is 0 Å². The Morgan fingerprint density at radius 3 is 3.08 bits per heavy atom. The van der Waals surface area contributed by atoms with Gasteiger partial charge in [-0.15, -0.1) is 0 Å². The molecule has 2 fully saturated rings. The first-order valence-corrected chi connectivity index (χ1v) is 4.49. The summed E-state index contributed by atoms with van der Waals surface area (Å²) >= 11 is 0. The van der Waals surface area contributed by atoms with Crippen LogP contribution >= 0.6 is 0 Å². The molecular formula is C8H13N3O2. The van der Waals surface area contributed by atoms with Gasteiger partial charge in [0.1, 0.15) is 0 Å². The number of amides is 2. The van der Waals surface area contributed by atoms with Gasteiger partial charge in [0, 0.05) is 26.1 Å². The van der Waals surface area contributed by atoms with Crippen molar-refractivity contribution in [2.24, 2.45) is 11.7 Å². The summed E-state index contributed by atoms with van der Waals surface area (Å²) in [6.07, 6.45) is 0.293. The predicted molar refractivity (Wildman–Crippen MR) is 45.7 cm³/mol. The van der Waals surface area contributed by atoms with Crippen LogP contribution in [0.4, 0.5) is 0 Å². The molecule has 0 aliphatic carbocycles. The van der Waals surface area contributed by atoms with Crippen LogP contribution < -0.4 is 11.1 Å². The quantitative estimate of drug-likeness (QED) is 0.508. The largest absolute Gasteiger partial charge is 0.369 e. The van der Waals surface area contributed by atoms with Gasteiger partial charge in [0.05, 0.1) is 12.0 Å². The monoisotopic (exact) mass is 183 g/mol. The van der Waals surface area contributed by atoms with Crippen molar-refractivity contribution in [2.75, 3.05) is 19.6 Å². The van der Waals surface area contributed by atoms with Crippen LogP contribution in [0, 0.1) is 5.92 Å². The van der Waals surface area contributed by atoms with Crippen molar-refractivity contribution in [1.29, 1.82) is 0 Å². The lowest BCUT2D eigenvalue weighted by molar-refractivity contribution is -0.129. The summed E-state index contributed by atoms with van der Waals surface area (Å²) in [6, 6.07) is -0.00116. The molecule has 2 amide bonds. The zero-order valence-electron chi connectivity index (χ0n) is 7.32. The van der Waals surface area contributed by atoms with E-state index < -0.39 is 0 Å². The molecule has 13 heavy (non-hydrogen) atoms. The van der Waals surface area contributed by atoms with Gasteiger partial charge in [-0.25, -0.2) is 0 Å². The number of fused-ring (bicyclic) bond motifs is 1. The molecule has 5 heteroatoms. The summed E-state index contributed by atoms with van der Waals surface area (Å²) in [5.74, 6) is -0.583. The van der Waals surface area contributed by atoms with Crippen molar-refractivity contribution in [1.82, 2.24) is 10.2 Å². The number of nitrogens with two attached hydrogens (primary N) is 1. The highest BCUT2D eigenvalue weighted by Crippen LogP contribution is 2.25. The molecule has 2 atom stereocenters. The Morgan fingerprint density at radius 2 is 2.38 bits per heavy atom. The van der Waals surface area contributed by atoms with Crippen LogP contribution in [-0.4, -0.2) is 42.4 Å². The number of nitrogens with zero attached hydrogens (tertiary/aromatic N) is 1. The number of hydrogen-bond donors (Lipinski definition) is 2. The zero-order valence-corrected chi connectivity index (χ0v) is 7.32. The highest BCUT2D eigenvalue weighted by molar-refractivity contribution is 5.89. The molecule has 3 N–H and O–H groups in total. The van der Waals surface area contributed by atoms with Gasteiger partial charge in [-0.1, -0.05) is 0 Å². The van der Waals surface area contributed by atoms with E-state index in [4.69, 9.17) is 5.73 Å². The Hall–Kier alpha value is -1.10. The number of nitrogens with one attached hydrogen (secondary N) is 1. The van der Waals surface area contributed by atoms with Crippen molar-refractivity contribution in [2.45, 2.75) is 12.5 Å². The topological polar surface area (TPSA) is 75.4 Å². The maximum absolute atomic E-state index is 11.4. The number of rotatable bonds is 1. The Bertz CT molecular complexity index is 254. The third-order valence-electron chi connectivity index (χ3n) is 2.83. The van der Waals surface area contributed by atoms with Crippen molar-refractivity contribution in [3.05, 3.63) is 0 Å². The van der Waals surface area contributed by atoms with Crippen LogP contribution in [-0.2, 0) is 9.59 Å². The molecule has 2 aliphatic rings. The summed E-state index contributed by atoms with van der Waals surface area (Å²) in [5.41, 5.74) is 5.22. The molecule has 2 aliphatic heterocycles. The van der Waals surface area contributed by atoms with E-state index in [9.17, 15) is 9.59 Å². The molecule has 2 heterocycles. The molecule has 0 saturated carbocycles. The van der Waals surface area contributed by atoms with E-state index in [1.807, 2.05) is 0 Å². The fourth-order valence-corrected chi connectivity index (χ4v) is 2.13. The smallest absolute Gasteiger partial charge is 0.223 e. The average molecular weight is 183 g/mol. The maximum Gasteiger partial charge on any atom is 0.223 e. The van der Waals surface area contributed by atoms with E-state index >= 15 is 0 Å². The SMILES string of the molecule is NC(=O)C1CC(=O)N2CCNCC12. The van der Waals surface area contributed by atoms with Crippen LogP contribution in [0.1, 0.15) is 6.42 Å². The van der Waals surface area contributed by atoms with Gasteiger partial charge >= 0.3 is 0 Å². The van der Waals surface area contributed by atoms with Gasteiger partial charge in [0.15, 0.2) is 0 Å². The van der Waals surface area contributed by atoms with E-state index in [0.717, 1.165) is 6.54 Å². The van der Waals surface area contributed by atoms with Crippen LogP contribution in [0.15, 0.2) is 0 Å². The van der Waals surface area contributed by atoms with Gasteiger partial charge in [-0.2, -0.15) is 0 Å². The lowest BCUT2D eigenvalue weighted by atomic mass is 9.99. The van der Waals surface area contributed by atoms with E-state index in [-0.39, 0.29) is 23.8 Å². The number of primary amides is 1. The minimum absolute atomic E-state index is 0.00116. The lowest BCUT2D eigenvalue weighted by Gasteiger charge is -2.32. The maximum atomic E-state index is 11.4. The van der Waals surface area contributed by atoms with Crippen LogP contribution in [0.25, 0.3) is 0 Å². The first-order chi connectivity index (χ1) is 6.20. The normalized spacial score (nSPS) is 33.2. The lowest BCUT2D eigenvalue weighted by Crippen LogP contribution is -2.52. The third kappa shape index (κ3) is 1.29. The minimum Gasteiger partial charge on any atom is -0.369 e. The molecule has 0 radical (unpaired) electrons. The Labute approximate surface area is 76.3 Å². The van der Waals surface area contributed by atoms with Gasteiger partial charge in [0.25, 0.3) is 0 Å². The van der Waals surface area contributed by atoms with E-state index in [2.05, 4.69) is 5.32 Å². The highest BCUT2D eigenvalue weighted by atomic mass is 16.2. The van der Waals surface area contributed by atoms with Gasteiger partial charge in [-0.3, -0.25) is 9.59 Å². The number of piperazine rings is 1. The molecule has 0 bridgehead atoms. The standard InChI is InChI=1S/C8H13N3O2/c9-8(13)5-3-7(12)11-2-1-10-4-6(5)11/h5-6,10H,1-4H2,(H2,9,13). The molecule has 0 aromatic rings. The fourth-order valence-electron chi connectivity index (χ4n) is 2.13.